The summed E-state index contributed by atoms with van der Waals surface area (Å²) in [6.07, 6.45) is 1.01. The second-order valence-corrected chi connectivity index (χ2v) is 5.49. The average Bonchev–Trinajstić information content (AvgIpc) is 2.47. The molecule has 5 heteroatoms. The van der Waals surface area contributed by atoms with Gasteiger partial charge in [0.15, 0.2) is 0 Å². The van der Waals surface area contributed by atoms with Gasteiger partial charge in [-0.3, -0.25) is 0 Å². The van der Waals surface area contributed by atoms with E-state index in [1.54, 1.807) is 7.11 Å². The summed E-state index contributed by atoms with van der Waals surface area (Å²) in [5, 5.41) is 2.97. The van der Waals surface area contributed by atoms with Crippen LogP contribution >= 0.6 is 0 Å². The molecule has 0 bridgehead atoms. The fourth-order valence-electron chi connectivity index (χ4n) is 2.56. The van der Waals surface area contributed by atoms with Gasteiger partial charge in [-0.05, 0) is 38.0 Å². The van der Waals surface area contributed by atoms with E-state index in [2.05, 4.69) is 5.32 Å². The Balaban J connectivity index is 1.75. The predicted molar refractivity (Wildman–Crippen MR) is 81.7 cm³/mol. The quantitative estimate of drug-likeness (QED) is 0.924. The highest BCUT2D eigenvalue weighted by atomic mass is 16.5. The van der Waals surface area contributed by atoms with E-state index in [1.807, 2.05) is 43.0 Å². The summed E-state index contributed by atoms with van der Waals surface area (Å²) in [4.78, 5) is 13.9. The maximum absolute atomic E-state index is 12.1. The third-order valence-electron chi connectivity index (χ3n) is 3.56. The lowest BCUT2D eigenvalue weighted by Gasteiger charge is -2.35. The van der Waals surface area contributed by atoms with Crippen LogP contribution in [0.4, 0.5) is 4.79 Å². The third-order valence-corrected chi connectivity index (χ3v) is 3.56. The molecule has 0 unspecified atom stereocenters. The highest BCUT2D eigenvalue weighted by molar-refractivity contribution is 5.74. The number of amides is 2. The fraction of sp³-hybridized carbons (Fsp3) is 0.562. The van der Waals surface area contributed by atoms with Gasteiger partial charge in [-0.15, -0.1) is 0 Å². The number of carbonyl (C=O) groups is 1. The van der Waals surface area contributed by atoms with Gasteiger partial charge in [0, 0.05) is 19.6 Å². The van der Waals surface area contributed by atoms with Gasteiger partial charge in [-0.25, -0.2) is 4.79 Å². The average molecular weight is 292 g/mol. The van der Waals surface area contributed by atoms with Crippen LogP contribution < -0.4 is 10.1 Å². The first-order valence-corrected chi connectivity index (χ1v) is 7.39. The van der Waals surface area contributed by atoms with Crippen LogP contribution in [0.25, 0.3) is 0 Å². The lowest BCUT2D eigenvalue weighted by atomic mass is 10.1. The summed E-state index contributed by atoms with van der Waals surface area (Å²) in [5.74, 6) is 0.846. The molecule has 0 saturated carbocycles. The smallest absolute Gasteiger partial charge is 0.317 e. The normalized spacial score (nSPS) is 22.0. The van der Waals surface area contributed by atoms with Crippen LogP contribution in [-0.2, 0) is 11.2 Å². The molecule has 1 saturated heterocycles. The minimum atomic E-state index is -0.00879. The van der Waals surface area contributed by atoms with Crippen molar-refractivity contribution >= 4 is 6.03 Å². The first-order chi connectivity index (χ1) is 10.1. The molecule has 0 aliphatic carbocycles. The first-order valence-electron chi connectivity index (χ1n) is 7.39. The molecule has 0 radical (unpaired) electrons. The van der Waals surface area contributed by atoms with Gasteiger partial charge in [0.1, 0.15) is 5.75 Å². The van der Waals surface area contributed by atoms with Crippen molar-refractivity contribution in [2.24, 2.45) is 0 Å². The number of nitrogens with zero attached hydrogens (tertiary/aromatic N) is 1. The van der Waals surface area contributed by atoms with E-state index in [0.29, 0.717) is 19.6 Å². The molecule has 2 rings (SSSR count). The van der Waals surface area contributed by atoms with Gasteiger partial charge in [-0.1, -0.05) is 12.1 Å². The van der Waals surface area contributed by atoms with Gasteiger partial charge >= 0.3 is 6.03 Å². The first kappa shape index (κ1) is 15.6. The molecule has 1 N–H and O–H groups in total. The highest BCUT2D eigenvalue weighted by Crippen LogP contribution is 2.12. The standard InChI is InChI=1S/C16H24N2O3/c1-12-10-18(11-13(2)21-12)16(19)17-9-8-14-4-6-15(20-3)7-5-14/h4-7,12-13H,8-11H2,1-3H3,(H,17,19)/t12-,13-/m0/s1. The molecule has 2 amide bonds. The number of benzene rings is 1. The monoisotopic (exact) mass is 292 g/mol. The van der Waals surface area contributed by atoms with Crippen molar-refractivity contribution in [1.82, 2.24) is 10.2 Å². The second kappa shape index (κ2) is 7.31. The molecule has 0 spiro atoms. The molecule has 5 nitrogen and oxygen atoms in total. The number of carbonyl (C=O) groups excluding carboxylic acids is 1. The zero-order valence-corrected chi connectivity index (χ0v) is 13.0. The van der Waals surface area contributed by atoms with E-state index in [9.17, 15) is 4.79 Å². The molecule has 21 heavy (non-hydrogen) atoms. The number of methoxy groups -OCH3 is 1. The number of hydrogen-bond donors (Lipinski definition) is 1. The maximum atomic E-state index is 12.1. The lowest BCUT2D eigenvalue weighted by Crippen LogP contribution is -2.51. The Labute approximate surface area is 126 Å². The lowest BCUT2D eigenvalue weighted by molar-refractivity contribution is -0.0544. The Morgan fingerprint density at radius 2 is 1.90 bits per heavy atom. The summed E-state index contributed by atoms with van der Waals surface area (Å²) >= 11 is 0. The molecule has 1 aromatic rings. The molecule has 1 aliphatic heterocycles. The van der Waals surface area contributed by atoms with Crippen LogP contribution in [-0.4, -0.2) is 49.9 Å². The predicted octanol–water partition coefficient (Wildman–Crippen LogP) is 2.06. The third kappa shape index (κ3) is 4.63. The maximum Gasteiger partial charge on any atom is 0.317 e. The van der Waals surface area contributed by atoms with Crippen LogP contribution in [0.1, 0.15) is 19.4 Å². The molecular formula is C16H24N2O3. The van der Waals surface area contributed by atoms with E-state index in [-0.39, 0.29) is 18.2 Å². The van der Waals surface area contributed by atoms with Gasteiger partial charge in [0.25, 0.3) is 0 Å². The molecule has 1 heterocycles. The number of ether oxygens (including phenoxy) is 2. The summed E-state index contributed by atoms with van der Waals surface area (Å²) in [6, 6.07) is 7.89. The SMILES string of the molecule is COc1ccc(CCNC(=O)N2C[C@H](C)O[C@@H](C)C2)cc1. The molecule has 2 atom stereocenters. The number of urea groups is 1. The zero-order valence-electron chi connectivity index (χ0n) is 13.0. The van der Waals surface area contributed by atoms with Crippen LogP contribution in [0, 0.1) is 0 Å². The van der Waals surface area contributed by atoms with Crippen molar-refractivity contribution in [2.45, 2.75) is 32.5 Å². The molecule has 116 valence electrons. The van der Waals surface area contributed by atoms with Crippen LogP contribution in [0.2, 0.25) is 0 Å². The van der Waals surface area contributed by atoms with Crippen molar-refractivity contribution in [3.63, 3.8) is 0 Å². The highest BCUT2D eigenvalue weighted by Gasteiger charge is 2.25. The fourth-order valence-corrected chi connectivity index (χ4v) is 2.56. The Hall–Kier alpha value is -1.75. The van der Waals surface area contributed by atoms with Crippen LogP contribution in [0.15, 0.2) is 24.3 Å². The van der Waals surface area contributed by atoms with Crippen molar-refractivity contribution in [3.8, 4) is 5.75 Å². The molecular weight excluding hydrogens is 268 g/mol. The molecule has 1 aliphatic rings. The summed E-state index contributed by atoms with van der Waals surface area (Å²) in [5.41, 5.74) is 1.18. The molecule has 1 fully saturated rings. The summed E-state index contributed by atoms with van der Waals surface area (Å²) in [6.45, 7) is 5.92. The Bertz CT molecular complexity index is 451. The van der Waals surface area contributed by atoms with Gasteiger partial charge in [0.05, 0.1) is 19.3 Å². The van der Waals surface area contributed by atoms with Crippen molar-refractivity contribution in [1.29, 1.82) is 0 Å². The van der Waals surface area contributed by atoms with Crippen LogP contribution in [0.3, 0.4) is 0 Å². The summed E-state index contributed by atoms with van der Waals surface area (Å²) < 4.78 is 10.8. The Morgan fingerprint density at radius 1 is 1.29 bits per heavy atom. The second-order valence-electron chi connectivity index (χ2n) is 5.49. The Kier molecular flexibility index (Phi) is 5.44. The van der Waals surface area contributed by atoms with E-state index < -0.39 is 0 Å². The number of rotatable bonds is 4. The Morgan fingerprint density at radius 3 is 2.48 bits per heavy atom. The summed E-state index contributed by atoms with van der Waals surface area (Å²) in [7, 11) is 1.65. The molecule has 1 aromatic carbocycles. The minimum absolute atomic E-state index is 0.00879. The minimum Gasteiger partial charge on any atom is -0.497 e. The van der Waals surface area contributed by atoms with E-state index >= 15 is 0 Å². The zero-order chi connectivity index (χ0) is 15.2. The van der Waals surface area contributed by atoms with Crippen molar-refractivity contribution < 1.29 is 14.3 Å². The topological polar surface area (TPSA) is 50.8 Å². The van der Waals surface area contributed by atoms with Crippen molar-refractivity contribution in [3.05, 3.63) is 29.8 Å². The van der Waals surface area contributed by atoms with Crippen LogP contribution in [0.5, 0.6) is 5.75 Å². The van der Waals surface area contributed by atoms with Gasteiger partial charge < -0.3 is 19.7 Å². The van der Waals surface area contributed by atoms with Crippen molar-refractivity contribution in [2.75, 3.05) is 26.7 Å². The van der Waals surface area contributed by atoms with E-state index in [4.69, 9.17) is 9.47 Å². The number of morpholine rings is 1. The van der Waals surface area contributed by atoms with Gasteiger partial charge in [-0.2, -0.15) is 0 Å². The largest absolute Gasteiger partial charge is 0.497 e. The molecule has 0 aromatic heterocycles. The van der Waals surface area contributed by atoms with Gasteiger partial charge in [0.2, 0.25) is 0 Å². The van der Waals surface area contributed by atoms with E-state index in [0.717, 1.165) is 12.2 Å². The van der Waals surface area contributed by atoms with E-state index in [1.165, 1.54) is 5.56 Å². The number of nitrogens with one attached hydrogen (secondary N) is 1. The number of hydrogen-bond acceptors (Lipinski definition) is 3.